The van der Waals surface area contributed by atoms with Crippen LogP contribution in [0, 0.1) is 20.2 Å². The third kappa shape index (κ3) is 3.42. The van der Waals surface area contributed by atoms with Crippen LogP contribution < -0.4 is 5.32 Å². The van der Waals surface area contributed by atoms with Crippen molar-refractivity contribution in [3.8, 4) is 0 Å². The topological polar surface area (TPSA) is 111 Å². The van der Waals surface area contributed by atoms with Crippen molar-refractivity contribution in [2.24, 2.45) is 0 Å². The smallest absolute Gasteiger partial charge is 0.280 e. The Balaban J connectivity index is 2.16. The summed E-state index contributed by atoms with van der Waals surface area (Å²) in [6, 6.07) is 7.02. The third-order valence-corrected chi connectivity index (χ3v) is 3.05. The molecule has 110 valence electrons. The zero-order valence-corrected chi connectivity index (χ0v) is 11.2. The van der Waals surface area contributed by atoms with Gasteiger partial charge in [0.05, 0.1) is 28.2 Å². The summed E-state index contributed by atoms with van der Waals surface area (Å²) in [7, 11) is 0. The molecular weight excluding hydrogens is 278 g/mol. The van der Waals surface area contributed by atoms with Crippen molar-refractivity contribution >= 4 is 11.4 Å². The normalized spacial score (nSPS) is 12.0. The molecule has 1 aromatic heterocycles. The van der Waals surface area contributed by atoms with Gasteiger partial charge in [0, 0.05) is 18.2 Å². The Morgan fingerprint density at radius 1 is 1.24 bits per heavy atom. The van der Waals surface area contributed by atoms with Gasteiger partial charge in [0.1, 0.15) is 5.76 Å². The van der Waals surface area contributed by atoms with E-state index < -0.39 is 9.85 Å². The summed E-state index contributed by atoms with van der Waals surface area (Å²) in [5, 5.41) is 24.7. The zero-order chi connectivity index (χ0) is 15.4. The van der Waals surface area contributed by atoms with Crippen LogP contribution in [0.3, 0.4) is 0 Å². The van der Waals surface area contributed by atoms with E-state index in [9.17, 15) is 20.2 Å². The second kappa shape index (κ2) is 6.14. The van der Waals surface area contributed by atoms with Crippen LogP contribution in [-0.4, -0.2) is 9.85 Å². The number of benzene rings is 1. The van der Waals surface area contributed by atoms with Gasteiger partial charge in [0.2, 0.25) is 0 Å². The van der Waals surface area contributed by atoms with Crippen LogP contribution in [0.25, 0.3) is 0 Å². The molecular formula is C13H13N3O5. The van der Waals surface area contributed by atoms with Gasteiger partial charge in [-0.15, -0.1) is 0 Å². The molecule has 1 atom stereocenters. The summed E-state index contributed by atoms with van der Waals surface area (Å²) >= 11 is 0. The van der Waals surface area contributed by atoms with E-state index in [0.717, 1.165) is 6.07 Å². The van der Waals surface area contributed by atoms with E-state index in [0.29, 0.717) is 11.3 Å². The lowest BCUT2D eigenvalue weighted by molar-refractivity contribution is -0.394. The molecule has 0 aliphatic heterocycles. The van der Waals surface area contributed by atoms with Gasteiger partial charge in [-0.05, 0) is 25.1 Å². The first-order valence-corrected chi connectivity index (χ1v) is 6.17. The van der Waals surface area contributed by atoms with E-state index in [2.05, 4.69) is 5.32 Å². The van der Waals surface area contributed by atoms with Crippen LogP contribution in [0.5, 0.6) is 0 Å². The van der Waals surface area contributed by atoms with Gasteiger partial charge in [0.25, 0.3) is 11.4 Å². The van der Waals surface area contributed by atoms with Crippen LogP contribution >= 0.6 is 0 Å². The molecule has 0 saturated heterocycles. The summed E-state index contributed by atoms with van der Waals surface area (Å²) in [6.07, 6.45) is 1.54. The van der Waals surface area contributed by atoms with Crippen molar-refractivity contribution in [3.05, 3.63) is 68.1 Å². The molecule has 0 spiro atoms. The second-order valence-corrected chi connectivity index (χ2v) is 4.45. The van der Waals surface area contributed by atoms with Crippen molar-refractivity contribution < 1.29 is 14.3 Å². The molecule has 0 aliphatic carbocycles. The summed E-state index contributed by atoms with van der Waals surface area (Å²) in [6.45, 7) is 2.06. The lowest BCUT2D eigenvalue weighted by atomic mass is 10.1. The lowest BCUT2D eigenvalue weighted by Crippen LogP contribution is -2.18. The van der Waals surface area contributed by atoms with Crippen LogP contribution in [-0.2, 0) is 6.54 Å². The molecule has 8 heteroatoms. The van der Waals surface area contributed by atoms with E-state index in [1.807, 2.05) is 6.92 Å². The summed E-state index contributed by atoms with van der Waals surface area (Å²) in [5.41, 5.74) is -0.197. The fourth-order valence-electron chi connectivity index (χ4n) is 1.89. The molecule has 0 radical (unpaired) electrons. The minimum atomic E-state index is -0.657. The molecule has 1 N–H and O–H groups in total. The minimum absolute atomic E-state index is 0.130. The molecule has 0 bridgehead atoms. The first-order valence-electron chi connectivity index (χ1n) is 6.17. The number of nitro benzene ring substituents is 2. The Morgan fingerprint density at radius 3 is 2.57 bits per heavy atom. The number of non-ortho nitro benzene ring substituents is 1. The molecule has 2 aromatic rings. The number of nitrogens with one attached hydrogen (secondary N) is 1. The monoisotopic (exact) mass is 291 g/mol. The highest BCUT2D eigenvalue weighted by atomic mass is 16.6. The number of nitro groups is 2. The van der Waals surface area contributed by atoms with Crippen molar-refractivity contribution in [1.29, 1.82) is 0 Å². The largest absolute Gasteiger partial charge is 0.468 e. The molecule has 8 nitrogen and oxygen atoms in total. The van der Waals surface area contributed by atoms with Gasteiger partial charge in [-0.1, -0.05) is 0 Å². The molecule has 1 aromatic carbocycles. The Hall–Kier alpha value is -2.74. The van der Waals surface area contributed by atoms with E-state index >= 15 is 0 Å². The second-order valence-electron chi connectivity index (χ2n) is 4.45. The summed E-state index contributed by atoms with van der Waals surface area (Å²) in [4.78, 5) is 20.4. The molecule has 1 unspecified atom stereocenters. The van der Waals surface area contributed by atoms with Crippen molar-refractivity contribution in [2.75, 3.05) is 0 Å². The van der Waals surface area contributed by atoms with Gasteiger partial charge in [0.15, 0.2) is 0 Å². The van der Waals surface area contributed by atoms with E-state index in [4.69, 9.17) is 4.42 Å². The fourth-order valence-corrected chi connectivity index (χ4v) is 1.89. The highest BCUT2D eigenvalue weighted by molar-refractivity contribution is 5.49. The van der Waals surface area contributed by atoms with Gasteiger partial charge in [-0.3, -0.25) is 20.2 Å². The zero-order valence-electron chi connectivity index (χ0n) is 11.2. The van der Waals surface area contributed by atoms with Gasteiger partial charge < -0.3 is 9.73 Å². The fraction of sp³-hybridized carbons (Fsp3) is 0.231. The van der Waals surface area contributed by atoms with Crippen molar-refractivity contribution in [2.45, 2.75) is 19.5 Å². The number of furan rings is 1. The maximum Gasteiger partial charge on any atom is 0.280 e. The number of hydrogen-bond donors (Lipinski definition) is 1. The maximum absolute atomic E-state index is 11.0. The van der Waals surface area contributed by atoms with Crippen molar-refractivity contribution in [1.82, 2.24) is 5.32 Å². The Bertz CT molecular complexity index is 654. The predicted molar refractivity (Wildman–Crippen MR) is 73.7 cm³/mol. The Morgan fingerprint density at radius 2 is 2.00 bits per heavy atom. The molecule has 2 rings (SSSR count). The van der Waals surface area contributed by atoms with Gasteiger partial charge in [-0.25, -0.2) is 0 Å². The average molecular weight is 291 g/mol. The van der Waals surface area contributed by atoms with Crippen LogP contribution in [0.4, 0.5) is 11.4 Å². The first kappa shape index (κ1) is 14.7. The molecule has 0 fully saturated rings. The highest BCUT2D eigenvalue weighted by Crippen LogP contribution is 2.25. The molecule has 1 heterocycles. The quantitative estimate of drug-likeness (QED) is 0.646. The maximum atomic E-state index is 11.0. The molecule has 21 heavy (non-hydrogen) atoms. The average Bonchev–Trinajstić information content (AvgIpc) is 2.98. The summed E-state index contributed by atoms with van der Waals surface area (Å²) in [5.74, 6) is 0.708. The number of hydrogen-bond acceptors (Lipinski definition) is 6. The van der Waals surface area contributed by atoms with Crippen LogP contribution in [0.1, 0.15) is 24.3 Å². The highest BCUT2D eigenvalue weighted by Gasteiger charge is 2.19. The number of rotatable bonds is 6. The Kier molecular flexibility index (Phi) is 4.29. The summed E-state index contributed by atoms with van der Waals surface area (Å²) < 4.78 is 5.23. The third-order valence-electron chi connectivity index (χ3n) is 3.05. The molecule has 0 aliphatic rings. The van der Waals surface area contributed by atoms with Crippen molar-refractivity contribution in [3.63, 3.8) is 0 Å². The minimum Gasteiger partial charge on any atom is -0.468 e. The van der Waals surface area contributed by atoms with E-state index in [1.165, 1.54) is 12.1 Å². The molecule has 0 saturated carbocycles. The standard InChI is InChI=1S/C13H13N3O5/c1-9(13-3-2-6-21-13)14-8-10-4-5-11(15(17)18)7-12(10)16(19)20/h2-7,9,14H,8H2,1H3. The van der Waals surface area contributed by atoms with Gasteiger partial charge in [-0.2, -0.15) is 0 Å². The van der Waals surface area contributed by atoms with E-state index in [1.54, 1.807) is 18.4 Å². The SMILES string of the molecule is CC(NCc1ccc([N+](=O)[O-])cc1[N+](=O)[O-])c1ccco1. The molecule has 0 amide bonds. The lowest BCUT2D eigenvalue weighted by Gasteiger charge is -2.11. The number of nitrogens with zero attached hydrogens (tertiary/aromatic N) is 2. The Labute approximate surface area is 119 Å². The first-order chi connectivity index (χ1) is 9.99. The predicted octanol–water partition coefficient (Wildman–Crippen LogP) is 2.95. The van der Waals surface area contributed by atoms with Gasteiger partial charge >= 0.3 is 0 Å². The van der Waals surface area contributed by atoms with E-state index in [-0.39, 0.29) is 24.0 Å². The van der Waals surface area contributed by atoms with Crippen LogP contribution in [0.2, 0.25) is 0 Å². The van der Waals surface area contributed by atoms with Crippen LogP contribution in [0.15, 0.2) is 41.0 Å².